The van der Waals surface area contributed by atoms with E-state index in [0.29, 0.717) is 50.7 Å². The fourth-order valence-electron chi connectivity index (χ4n) is 2.16. The quantitative estimate of drug-likeness (QED) is 0.349. The number of rotatable bonds is 15. The van der Waals surface area contributed by atoms with Crippen molar-refractivity contribution in [2.24, 2.45) is 11.8 Å². The Morgan fingerprint density at radius 2 is 1.12 bits per heavy atom. The summed E-state index contributed by atoms with van der Waals surface area (Å²) >= 11 is 0. The Morgan fingerprint density at radius 1 is 0.750 bits per heavy atom. The highest BCUT2D eigenvalue weighted by Crippen LogP contribution is 2.09. The van der Waals surface area contributed by atoms with Gasteiger partial charge in [-0.3, -0.25) is 9.59 Å². The predicted molar refractivity (Wildman–Crippen MR) is 91.4 cm³/mol. The highest BCUT2D eigenvalue weighted by Gasteiger charge is 2.08. The molecule has 0 bridgehead atoms. The van der Waals surface area contributed by atoms with Gasteiger partial charge in [0.2, 0.25) is 0 Å². The van der Waals surface area contributed by atoms with Crippen LogP contribution in [0.15, 0.2) is 0 Å². The van der Waals surface area contributed by atoms with Crippen LogP contribution in [0.3, 0.4) is 0 Å². The summed E-state index contributed by atoms with van der Waals surface area (Å²) in [6, 6.07) is 0. The topological polar surface area (TPSA) is 93.1 Å². The molecule has 6 nitrogen and oxygen atoms in total. The van der Waals surface area contributed by atoms with Crippen LogP contribution in [0.25, 0.3) is 0 Å². The van der Waals surface area contributed by atoms with E-state index in [-0.39, 0.29) is 25.2 Å². The van der Waals surface area contributed by atoms with E-state index < -0.39 is 0 Å². The van der Waals surface area contributed by atoms with E-state index in [1.807, 2.05) is 13.8 Å². The van der Waals surface area contributed by atoms with Crippen molar-refractivity contribution in [3.8, 4) is 0 Å². The lowest BCUT2D eigenvalue weighted by molar-refractivity contribution is -0.146. The lowest BCUT2D eigenvalue weighted by Gasteiger charge is -2.10. The van der Waals surface area contributed by atoms with Crippen LogP contribution >= 0.6 is 0 Å². The standard InChI is InChI=1S/C18H34O6/c1-15(7-11-19)9-13-23-17(21)5-3-4-6-18(22)24-14-10-16(2)8-12-20/h15-16,19-20H,3-14H2,1-2H3. The van der Waals surface area contributed by atoms with Crippen molar-refractivity contribution in [3.05, 3.63) is 0 Å². The molecular weight excluding hydrogens is 312 g/mol. The van der Waals surface area contributed by atoms with Gasteiger partial charge >= 0.3 is 11.9 Å². The molecule has 0 radical (unpaired) electrons. The number of aliphatic hydroxyl groups excluding tert-OH is 2. The molecule has 0 aliphatic carbocycles. The van der Waals surface area contributed by atoms with Crippen LogP contribution < -0.4 is 0 Å². The van der Waals surface area contributed by atoms with E-state index in [4.69, 9.17) is 19.7 Å². The minimum absolute atomic E-state index is 0.158. The Balaban J connectivity index is 3.50. The van der Waals surface area contributed by atoms with Crippen molar-refractivity contribution in [3.63, 3.8) is 0 Å². The second-order valence-electron chi connectivity index (χ2n) is 6.46. The normalized spacial score (nSPS) is 13.3. The molecule has 0 saturated carbocycles. The second-order valence-corrected chi connectivity index (χ2v) is 6.46. The number of aliphatic hydroxyl groups is 2. The molecule has 0 aromatic rings. The molecule has 0 aliphatic heterocycles. The largest absolute Gasteiger partial charge is 0.466 e. The predicted octanol–water partition coefficient (Wildman–Crippen LogP) is 2.45. The van der Waals surface area contributed by atoms with Crippen LogP contribution in [-0.4, -0.2) is 48.6 Å². The first kappa shape index (κ1) is 22.9. The Hall–Kier alpha value is -1.14. The zero-order valence-electron chi connectivity index (χ0n) is 15.2. The van der Waals surface area contributed by atoms with Gasteiger partial charge in [0.05, 0.1) is 13.2 Å². The summed E-state index contributed by atoms with van der Waals surface area (Å²) in [7, 11) is 0. The van der Waals surface area contributed by atoms with Crippen molar-refractivity contribution in [2.45, 2.75) is 65.2 Å². The van der Waals surface area contributed by atoms with Gasteiger partial charge in [0.25, 0.3) is 0 Å². The molecule has 0 heterocycles. The van der Waals surface area contributed by atoms with E-state index in [1.54, 1.807) is 0 Å². The van der Waals surface area contributed by atoms with Gasteiger partial charge in [-0.05, 0) is 50.4 Å². The average Bonchev–Trinajstić information content (AvgIpc) is 2.52. The summed E-state index contributed by atoms with van der Waals surface area (Å²) in [5, 5.41) is 17.6. The molecule has 0 fully saturated rings. The van der Waals surface area contributed by atoms with Gasteiger partial charge < -0.3 is 19.7 Å². The highest BCUT2D eigenvalue weighted by atomic mass is 16.5. The summed E-state index contributed by atoms with van der Waals surface area (Å²) in [6.07, 6.45) is 4.81. The van der Waals surface area contributed by atoms with Gasteiger partial charge in [-0.25, -0.2) is 0 Å². The summed E-state index contributed by atoms with van der Waals surface area (Å²) in [4.78, 5) is 23.1. The monoisotopic (exact) mass is 346 g/mol. The first-order valence-corrected chi connectivity index (χ1v) is 9.02. The van der Waals surface area contributed by atoms with E-state index in [9.17, 15) is 9.59 Å². The SMILES string of the molecule is CC(CCO)CCOC(=O)CCCCC(=O)OCCC(C)CCO. The van der Waals surface area contributed by atoms with E-state index in [0.717, 1.165) is 25.7 Å². The molecule has 2 N–H and O–H groups in total. The number of ether oxygens (including phenoxy) is 2. The molecule has 0 rings (SSSR count). The van der Waals surface area contributed by atoms with Gasteiger partial charge in [-0.2, -0.15) is 0 Å². The summed E-state index contributed by atoms with van der Waals surface area (Å²) in [6.45, 7) is 5.11. The zero-order valence-corrected chi connectivity index (χ0v) is 15.2. The van der Waals surface area contributed by atoms with Gasteiger partial charge in [0.15, 0.2) is 0 Å². The van der Waals surface area contributed by atoms with Crippen LogP contribution in [0, 0.1) is 11.8 Å². The van der Waals surface area contributed by atoms with Crippen LogP contribution in [0.4, 0.5) is 0 Å². The Bertz CT molecular complexity index is 299. The maximum atomic E-state index is 11.5. The number of hydrogen-bond acceptors (Lipinski definition) is 6. The third-order valence-electron chi connectivity index (χ3n) is 4.00. The van der Waals surface area contributed by atoms with Crippen molar-refractivity contribution in [1.82, 2.24) is 0 Å². The lowest BCUT2D eigenvalue weighted by Crippen LogP contribution is -2.11. The molecule has 0 amide bonds. The zero-order chi connectivity index (χ0) is 18.2. The summed E-state index contributed by atoms with van der Waals surface area (Å²) < 4.78 is 10.2. The second kappa shape index (κ2) is 15.4. The number of esters is 2. The molecule has 0 aromatic carbocycles. The van der Waals surface area contributed by atoms with E-state index >= 15 is 0 Å². The molecule has 2 unspecified atom stereocenters. The molecule has 0 spiro atoms. The van der Waals surface area contributed by atoms with Gasteiger partial charge in [-0.15, -0.1) is 0 Å². The Kier molecular flexibility index (Phi) is 14.7. The van der Waals surface area contributed by atoms with Gasteiger partial charge in [0, 0.05) is 26.1 Å². The molecule has 24 heavy (non-hydrogen) atoms. The van der Waals surface area contributed by atoms with E-state index in [1.165, 1.54) is 0 Å². The van der Waals surface area contributed by atoms with Crippen LogP contribution in [-0.2, 0) is 19.1 Å². The smallest absolute Gasteiger partial charge is 0.305 e. The van der Waals surface area contributed by atoms with Crippen LogP contribution in [0.5, 0.6) is 0 Å². The number of carbonyl (C=O) groups excluding carboxylic acids is 2. The molecule has 0 aliphatic rings. The third kappa shape index (κ3) is 14.5. The Labute approximate surface area is 145 Å². The lowest BCUT2D eigenvalue weighted by atomic mass is 10.1. The van der Waals surface area contributed by atoms with Crippen molar-refractivity contribution >= 4 is 11.9 Å². The first-order chi connectivity index (χ1) is 11.5. The molecule has 0 saturated heterocycles. The molecule has 6 heteroatoms. The Morgan fingerprint density at radius 3 is 1.46 bits per heavy atom. The van der Waals surface area contributed by atoms with Crippen molar-refractivity contribution in [2.75, 3.05) is 26.4 Å². The van der Waals surface area contributed by atoms with Crippen molar-refractivity contribution in [1.29, 1.82) is 0 Å². The summed E-state index contributed by atoms with van der Waals surface area (Å²) in [5.41, 5.74) is 0. The fraction of sp³-hybridized carbons (Fsp3) is 0.889. The highest BCUT2D eigenvalue weighted by molar-refractivity contribution is 5.70. The van der Waals surface area contributed by atoms with E-state index in [2.05, 4.69) is 0 Å². The number of hydrogen-bond donors (Lipinski definition) is 2. The minimum atomic E-state index is -0.239. The maximum absolute atomic E-state index is 11.5. The first-order valence-electron chi connectivity index (χ1n) is 9.02. The van der Waals surface area contributed by atoms with Gasteiger partial charge in [0.1, 0.15) is 0 Å². The van der Waals surface area contributed by atoms with Crippen LogP contribution in [0.2, 0.25) is 0 Å². The molecule has 0 aromatic heterocycles. The number of carbonyl (C=O) groups is 2. The average molecular weight is 346 g/mol. The molecular formula is C18H34O6. The number of unbranched alkanes of at least 4 members (excludes halogenated alkanes) is 1. The van der Waals surface area contributed by atoms with Crippen molar-refractivity contribution < 1.29 is 29.3 Å². The van der Waals surface area contributed by atoms with Gasteiger partial charge in [-0.1, -0.05) is 13.8 Å². The fourth-order valence-corrected chi connectivity index (χ4v) is 2.16. The summed E-state index contributed by atoms with van der Waals surface area (Å²) in [5.74, 6) is 0.213. The maximum Gasteiger partial charge on any atom is 0.305 e. The van der Waals surface area contributed by atoms with Crippen LogP contribution in [0.1, 0.15) is 65.2 Å². The minimum Gasteiger partial charge on any atom is -0.466 e. The molecule has 2 atom stereocenters. The molecule has 142 valence electrons. The third-order valence-corrected chi connectivity index (χ3v) is 4.00.